The molecule has 0 aliphatic heterocycles. The molecule has 2 aromatic carbocycles. The van der Waals surface area contributed by atoms with Gasteiger partial charge >= 0.3 is 0 Å². The summed E-state index contributed by atoms with van der Waals surface area (Å²) in [6.07, 6.45) is 8.78. The van der Waals surface area contributed by atoms with Crippen LogP contribution in [0.3, 0.4) is 0 Å². The van der Waals surface area contributed by atoms with Gasteiger partial charge < -0.3 is 5.32 Å². The van der Waals surface area contributed by atoms with Crippen LogP contribution in [0.2, 0.25) is 5.02 Å². The van der Waals surface area contributed by atoms with E-state index >= 15 is 0 Å². The maximum absolute atomic E-state index is 14.0. The van der Waals surface area contributed by atoms with Crippen molar-refractivity contribution in [3.8, 4) is 17.5 Å². The number of carbonyl (C=O) groups is 2. The number of halogens is 2. The zero-order valence-corrected chi connectivity index (χ0v) is 21.5. The third-order valence-corrected chi connectivity index (χ3v) is 7.00. The van der Waals surface area contributed by atoms with Crippen molar-refractivity contribution < 1.29 is 14.0 Å². The number of ketones is 1. The molecule has 1 heterocycles. The highest BCUT2D eigenvalue weighted by Gasteiger charge is 2.23. The van der Waals surface area contributed by atoms with Crippen LogP contribution < -0.4 is 5.32 Å². The van der Waals surface area contributed by atoms with Gasteiger partial charge in [0.2, 0.25) is 0 Å². The Kier molecular flexibility index (Phi) is 9.02. The maximum Gasteiger partial charge on any atom is 0.296 e. The van der Waals surface area contributed by atoms with Gasteiger partial charge in [-0.1, -0.05) is 61.8 Å². The van der Waals surface area contributed by atoms with Crippen molar-refractivity contribution >= 4 is 23.3 Å². The minimum Gasteiger partial charge on any atom is -0.335 e. The molecule has 1 amide bonds. The molecule has 1 atom stereocenters. The summed E-state index contributed by atoms with van der Waals surface area (Å²) in [5.74, 6) is 4.88. The molecule has 192 valence electrons. The van der Waals surface area contributed by atoms with E-state index in [1.165, 1.54) is 36.3 Å². The van der Waals surface area contributed by atoms with Crippen LogP contribution in [0.1, 0.15) is 61.6 Å². The summed E-state index contributed by atoms with van der Waals surface area (Å²) in [4.78, 5) is 26.1. The topological polar surface area (TPSA) is 89.8 Å². The van der Waals surface area contributed by atoms with Crippen molar-refractivity contribution in [2.75, 3.05) is 0 Å². The molecule has 1 aromatic heterocycles. The number of Topliss-reactive ketones (excluding diaryl/α,β-unsaturated/α-hetero) is 1. The van der Waals surface area contributed by atoms with Crippen molar-refractivity contribution in [1.82, 2.24) is 25.5 Å². The Morgan fingerprint density at radius 3 is 2.73 bits per heavy atom. The molecule has 0 radical (unpaired) electrons. The predicted molar refractivity (Wildman–Crippen MR) is 139 cm³/mol. The highest BCUT2D eigenvalue weighted by Crippen LogP contribution is 2.28. The van der Waals surface area contributed by atoms with E-state index in [4.69, 9.17) is 11.6 Å². The highest BCUT2D eigenvalue weighted by atomic mass is 35.5. The number of tetrazole rings is 1. The third-order valence-electron chi connectivity index (χ3n) is 6.76. The van der Waals surface area contributed by atoms with E-state index in [-0.39, 0.29) is 18.0 Å². The van der Waals surface area contributed by atoms with Crippen molar-refractivity contribution in [3.63, 3.8) is 0 Å². The van der Waals surface area contributed by atoms with Crippen molar-refractivity contribution in [3.05, 3.63) is 70.3 Å². The van der Waals surface area contributed by atoms with Gasteiger partial charge in [-0.3, -0.25) is 9.59 Å². The zero-order chi connectivity index (χ0) is 26.2. The lowest BCUT2D eigenvalue weighted by atomic mass is 9.84. The predicted octanol–water partition coefficient (Wildman–Crippen LogP) is 4.77. The van der Waals surface area contributed by atoms with E-state index in [2.05, 4.69) is 32.7 Å². The van der Waals surface area contributed by atoms with E-state index < -0.39 is 11.9 Å². The van der Waals surface area contributed by atoms with Crippen LogP contribution in [0, 0.1) is 30.5 Å². The lowest BCUT2D eigenvalue weighted by Crippen LogP contribution is -2.41. The van der Waals surface area contributed by atoms with E-state index in [0.717, 1.165) is 19.3 Å². The fourth-order valence-corrected chi connectivity index (χ4v) is 4.83. The number of aromatic nitrogens is 4. The smallest absolute Gasteiger partial charge is 0.296 e. The maximum atomic E-state index is 14.0. The van der Waals surface area contributed by atoms with Crippen molar-refractivity contribution in [2.24, 2.45) is 5.92 Å². The molecular formula is C28H29ClFN5O2. The molecule has 0 unspecified atom stereocenters. The van der Waals surface area contributed by atoms with Crippen LogP contribution >= 0.6 is 11.6 Å². The normalized spacial score (nSPS) is 14.5. The number of amides is 1. The molecule has 4 rings (SSSR count). The first kappa shape index (κ1) is 26.5. The molecule has 1 aliphatic rings. The Labute approximate surface area is 220 Å². The average molecular weight is 522 g/mol. The minimum atomic E-state index is -0.702. The van der Waals surface area contributed by atoms with E-state index in [1.807, 2.05) is 0 Å². The number of rotatable bonds is 8. The van der Waals surface area contributed by atoms with Gasteiger partial charge in [0, 0.05) is 17.4 Å². The Bertz CT molecular complexity index is 1310. The molecule has 3 aromatic rings. The van der Waals surface area contributed by atoms with Crippen LogP contribution in [0.25, 0.3) is 5.69 Å². The summed E-state index contributed by atoms with van der Waals surface area (Å²) in [5, 5.41) is 14.4. The van der Waals surface area contributed by atoms with E-state index in [0.29, 0.717) is 39.7 Å². The second-order valence-electron chi connectivity index (χ2n) is 9.50. The Hall–Kier alpha value is -3.57. The lowest BCUT2D eigenvalue weighted by Gasteiger charge is -2.24. The molecule has 37 heavy (non-hydrogen) atoms. The first-order valence-corrected chi connectivity index (χ1v) is 12.9. The molecule has 1 fully saturated rings. The molecular weight excluding hydrogens is 493 g/mol. The molecule has 7 nitrogen and oxygen atoms in total. The first-order valence-electron chi connectivity index (χ1n) is 12.5. The number of hydrogen-bond acceptors (Lipinski definition) is 5. The van der Waals surface area contributed by atoms with Crippen molar-refractivity contribution in [1.29, 1.82) is 0 Å². The number of nitrogens with zero attached hydrogens (tertiary/aromatic N) is 4. The number of aryl methyl sites for hydroxylation is 1. The summed E-state index contributed by atoms with van der Waals surface area (Å²) in [7, 11) is 0. The van der Waals surface area contributed by atoms with Crippen LogP contribution in [0.15, 0.2) is 42.7 Å². The SMILES string of the molecule is Cc1ccc(CC(=O)[C@H](CCC2CCCCC2)NC(=O)C#Cc2cc(Cl)ccc2-n2cnnn2)cc1F. The first-order chi connectivity index (χ1) is 17.9. The second kappa shape index (κ2) is 12.6. The third kappa shape index (κ3) is 7.46. The van der Waals surface area contributed by atoms with Crippen LogP contribution in [-0.2, 0) is 16.0 Å². The van der Waals surface area contributed by atoms with Crippen molar-refractivity contribution in [2.45, 2.75) is 64.3 Å². The van der Waals surface area contributed by atoms with Gasteiger partial charge in [0.05, 0.1) is 17.3 Å². The standard InChI is InChI=1S/C28H29ClFN5O2/c1-19-7-8-21(15-24(19)30)16-27(36)25(12-9-20-5-3-2-4-6-20)32-28(37)14-10-22-17-23(29)11-13-26(22)35-18-31-33-34-35/h7-8,11,13,15,17-18,20,25H,2-6,9,12,16H2,1H3,(H,32,37)/t25-/m0/s1. The summed E-state index contributed by atoms with van der Waals surface area (Å²) >= 11 is 6.13. The number of benzene rings is 2. The molecule has 1 saturated carbocycles. The minimum absolute atomic E-state index is 0.0397. The largest absolute Gasteiger partial charge is 0.335 e. The molecule has 0 spiro atoms. The van der Waals surface area contributed by atoms with Gasteiger partial charge in [0.1, 0.15) is 12.1 Å². The quantitative estimate of drug-likeness (QED) is 0.431. The molecule has 1 N–H and O–H groups in total. The summed E-state index contributed by atoms with van der Waals surface area (Å²) < 4.78 is 15.5. The average Bonchev–Trinajstić information content (AvgIpc) is 3.43. The van der Waals surface area contributed by atoms with Gasteiger partial charge in [-0.25, -0.2) is 4.39 Å². The van der Waals surface area contributed by atoms with Crippen LogP contribution in [0.5, 0.6) is 0 Å². The van der Waals surface area contributed by atoms with Gasteiger partial charge in [0.15, 0.2) is 5.78 Å². The van der Waals surface area contributed by atoms with Crippen LogP contribution in [-0.4, -0.2) is 37.9 Å². The Morgan fingerprint density at radius 2 is 2.00 bits per heavy atom. The number of nitrogens with one attached hydrogen (secondary N) is 1. The summed E-state index contributed by atoms with van der Waals surface area (Å²) in [6, 6.07) is 9.09. The summed E-state index contributed by atoms with van der Waals surface area (Å²) in [5.41, 5.74) is 2.15. The van der Waals surface area contributed by atoms with E-state index in [1.54, 1.807) is 37.3 Å². The van der Waals surface area contributed by atoms with Gasteiger partial charge in [-0.2, -0.15) is 4.68 Å². The second-order valence-corrected chi connectivity index (χ2v) is 9.94. The number of hydrogen-bond donors (Lipinski definition) is 1. The Morgan fingerprint density at radius 1 is 1.19 bits per heavy atom. The van der Waals surface area contributed by atoms with Gasteiger partial charge in [-0.15, -0.1) is 5.10 Å². The van der Waals surface area contributed by atoms with Crippen LogP contribution in [0.4, 0.5) is 4.39 Å². The number of carbonyl (C=O) groups excluding carboxylic acids is 2. The zero-order valence-electron chi connectivity index (χ0n) is 20.7. The van der Waals surface area contributed by atoms with Gasteiger partial charge in [-0.05, 0) is 71.5 Å². The molecule has 9 heteroatoms. The van der Waals surface area contributed by atoms with E-state index in [9.17, 15) is 14.0 Å². The fraction of sp³-hybridized carbons (Fsp3) is 0.393. The Balaban J connectivity index is 1.49. The molecule has 1 aliphatic carbocycles. The lowest BCUT2D eigenvalue weighted by molar-refractivity contribution is -0.125. The van der Waals surface area contributed by atoms with Gasteiger partial charge in [0.25, 0.3) is 5.91 Å². The summed E-state index contributed by atoms with van der Waals surface area (Å²) in [6.45, 7) is 1.68. The monoisotopic (exact) mass is 521 g/mol. The fourth-order valence-electron chi connectivity index (χ4n) is 4.66. The highest BCUT2D eigenvalue weighted by molar-refractivity contribution is 6.30. The molecule has 0 saturated heterocycles. The molecule has 0 bridgehead atoms.